The van der Waals surface area contributed by atoms with Gasteiger partial charge in [-0.25, -0.2) is 4.79 Å². The summed E-state index contributed by atoms with van der Waals surface area (Å²) in [5.41, 5.74) is -0.515. The number of ketones is 1. The number of fused-ring (bicyclic) bond motifs is 1. The van der Waals surface area contributed by atoms with Crippen molar-refractivity contribution in [2.24, 2.45) is 0 Å². The molecule has 0 amide bonds. The van der Waals surface area contributed by atoms with Gasteiger partial charge in [-0.3, -0.25) is 4.79 Å². The average molecular weight is 385 g/mol. The molecular weight excluding hydrogens is 372 g/mol. The lowest BCUT2D eigenvalue weighted by molar-refractivity contribution is -0.154. The summed E-state index contributed by atoms with van der Waals surface area (Å²) in [6.07, 6.45) is -0.192. The van der Waals surface area contributed by atoms with E-state index in [1.807, 2.05) is 30.3 Å². The predicted octanol–water partition coefficient (Wildman–Crippen LogP) is 3.38. The molecule has 1 aliphatic heterocycles. The Bertz CT molecular complexity index is 864. The molecule has 0 fully saturated rings. The SMILES string of the molecule is COC(=O)[C@]1(C#Cc2ccccc2)CC(=O)c2cccc(Br)c2O1. The summed E-state index contributed by atoms with van der Waals surface area (Å²) >= 11 is 3.35. The van der Waals surface area contributed by atoms with Crippen LogP contribution in [0, 0.1) is 11.8 Å². The zero-order valence-electron chi connectivity index (χ0n) is 12.8. The molecule has 2 aromatic carbocycles. The van der Waals surface area contributed by atoms with Crippen LogP contribution in [-0.2, 0) is 9.53 Å². The predicted molar refractivity (Wildman–Crippen MR) is 91.8 cm³/mol. The van der Waals surface area contributed by atoms with Crippen LogP contribution in [0.1, 0.15) is 22.3 Å². The maximum atomic E-state index is 12.5. The van der Waals surface area contributed by atoms with Crippen LogP contribution in [0.15, 0.2) is 53.0 Å². The number of Topliss-reactive ketones (excluding diaryl/α,β-unsaturated/α-hetero) is 1. The van der Waals surface area contributed by atoms with E-state index in [0.29, 0.717) is 15.8 Å². The third kappa shape index (κ3) is 2.93. The third-order valence-corrected chi connectivity index (χ3v) is 4.28. The fourth-order valence-electron chi connectivity index (χ4n) is 2.46. The lowest BCUT2D eigenvalue weighted by Crippen LogP contribution is -2.48. The van der Waals surface area contributed by atoms with E-state index in [-0.39, 0.29) is 12.2 Å². The van der Waals surface area contributed by atoms with Gasteiger partial charge in [-0.15, -0.1) is 0 Å². The first-order chi connectivity index (χ1) is 11.6. The molecule has 0 bridgehead atoms. The number of benzene rings is 2. The molecule has 2 aromatic rings. The fraction of sp³-hybridized carbons (Fsp3) is 0.158. The van der Waals surface area contributed by atoms with Gasteiger partial charge in [-0.05, 0) is 46.1 Å². The highest BCUT2D eigenvalue weighted by atomic mass is 79.9. The third-order valence-electron chi connectivity index (χ3n) is 3.65. The topological polar surface area (TPSA) is 52.6 Å². The Kier molecular flexibility index (Phi) is 4.41. The molecule has 0 aliphatic carbocycles. The maximum Gasteiger partial charge on any atom is 0.363 e. The van der Waals surface area contributed by atoms with E-state index in [9.17, 15) is 9.59 Å². The zero-order valence-corrected chi connectivity index (χ0v) is 14.4. The standard InChI is InChI=1S/C19H13BrO4/c1-23-18(22)19(11-10-13-6-3-2-4-7-13)12-16(21)14-8-5-9-15(20)17(14)24-19/h2-9H,12H2,1H3/t19-/m0/s1. The Morgan fingerprint density at radius 3 is 2.67 bits per heavy atom. The Balaban J connectivity index is 2.09. The molecule has 4 nitrogen and oxygen atoms in total. The van der Waals surface area contributed by atoms with Crippen LogP contribution in [0.4, 0.5) is 0 Å². The molecule has 0 saturated heterocycles. The van der Waals surface area contributed by atoms with Gasteiger partial charge < -0.3 is 9.47 Å². The monoisotopic (exact) mass is 384 g/mol. The van der Waals surface area contributed by atoms with Gasteiger partial charge in [-0.2, -0.15) is 0 Å². The summed E-state index contributed by atoms with van der Waals surface area (Å²) in [5, 5.41) is 0. The summed E-state index contributed by atoms with van der Waals surface area (Å²) < 4.78 is 11.3. The number of methoxy groups -OCH3 is 1. The molecule has 0 unspecified atom stereocenters. The molecule has 1 aliphatic rings. The van der Waals surface area contributed by atoms with Crippen molar-refractivity contribution >= 4 is 27.7 Å². The Labute approximate surface area is 147 Å². The lowest BCUT2D eigenvalue weighted by atomic mass is 9.90. The molecule has 1 heterocycles. The lowest BCUT2D eigenvalue weighted by Gasteiger charge is -2.31. The quantitative estimate of drug-likeness (QED) is 0.558. The number of rotatable bonds is 1. The minimum Gasteiger partial charge on any atom is -0.465 e. The van der Waals surface area contributed by atoms with Crippen molar-refractivity contribution in [2.45, 2.75) is 12.0 Å². The number of halogens is 1. The summed E-state index contributed by atoms with van der Waals surface area (Å²) in [6, 6.07) is 14.3. The Morgan fingerprint density at radius 1 is 1.21 bits per heavy atom. The van der Waals surface area contributed by atoms with Crippen molar-refractivity contribution in [1.29, 1.82) is 0 Å². The van der Waals surface area contributed by atoms with Crippen molar-refractivity contribution in [2.75, 3.05) is 7.11 Å². The van der Waals surface area contributed by atoms with Crippen molar-refractivity contribution in [3.05, 3.63) is 64.1 Å². The minimum atomic E-state index is -1.65. The normalized spacial score (nSPS) is 18.7. The molecule has 0 radical (unpaired) electrons. The minimum absolute atomic E-state index is 0.192. The van der Waals surface area contributed by atoms with E-state index in [1.54, 1.807) is 18.2 Å². The average Bonchev–Trinajstić information content (AvgIpc) is 2.61. The van der Waals surface area contributed by atoms with Gasteiger partial charge >= 0.3 is 5.97 Å². The van der Waals surface area contributed by atoms with Crippen molar-refractivity contribution in [1.82, 2.24) is 0 Å². The van der Waals surface area contributed by atoms with Crippen LogP contribution in [0.3, 0.4) is 0 Å². The van der Waals surface area contributed by atoms with Crippen LogP contribution in [0.5, 0.6) is 5.75 Å². The molecule has 1 atom stereocenters. The van der Waals surface area contributed by atoms with Crippen LogP contribution in [0.25, 0.3) is 0 Å². The van der Waals surface area contributed by atoms with Crippen LogP contribution < -0.4 is 4.74 Å². The van der Waals surface area contributed by atoms with Crippen molar-refractivity contribution < 1.29 is 19.1 Å². The second-order valence-electron chi connectivity index (χ2n) is 5.25. The van der Waals surface area contributed by atoms with E-state index in [0.717, 1.165) is 5.56 Å². The molecule has 3 rings (SSSR count). The van der Waals surface area contributed by atoms with E-state index in [4.69, 9.17) is 9.47 Å². The number of carbonyl (C=O) groups excluding carboxylic acids is 2. The maximum absolute atomic E-state index is 12.5. The van der Waals surface area contributed by atoms with Gasteiger partial charge in [0, 0.05) is 5.56 Å². The molecule has 0 saturated carbocycles. The fourth-order valence-corrected chi connectivity index (χ4v) is 2.90. The Hall–Kier alpha value is -2.58. The molecular formula is C19H13BrO4. The highest BCUT2D eigenvalue weighted by Crippen LogP contribution is 2.39. The smallest absolute Gasteiger partial charge is 0.363 e. The number of hydrogen-bond donors (Lipinski definition) is 0. The Morgan fingerprint density at radius 2 is 1.96 bits per heavy atom. The van der Waals surface area contributed by atoms with Gasteiger partial charge in [0.1, 0.15) is 5.75 Å². The van der Waals surface area contributed by atoms with Crippen LogP contribution >= 0.6 is 15.9 Å². The van der Waals surface area contributed by atoms with E-state index in [1.165, 1.54) is 7.11 Å². The number of para-hydroxylation sites is 1. The molecule has 0 N–H and O–H groups in total. The highest BCUT2D eigenvalue weighted by molar-refractivity contribution is 9.10. The van der Waals surface area contributed by atoms with Crippen LogP contribution in [0.2, 0.25) is 0 Å². The second kappa shape index (κ2) is 6.50. The molecule has 120 valence electrons. The molecule has 24 heavy (non-hydrogen) atoms. The largest absolute Gasteiger partial charge is 0.465 e. The first-order valence-electron chi connectivity index (χ1n) is 7.23. The second-order valence-corrected chi connectivity index (χ2v) is 6.11. The van der Waals surface area contributed by atoms with Gasteiger partial charge in [-0.1, -0.05) is 30.2 Å². The molecule has 0 spiro atoms. The summed E-state index contributed by atoms with van der Waals surface area (Å²) in [6.45, 7) is 0. The van der Waals surface area contributed by atoms with Gasteiger partial charge in [0.2, 0.25) is 0 Å². The first kappa shape index (κ1) is 16.3. The van der Waals surface area contributed by atoms with E-state index >= 15 is 0 Å². The van der Waals surface area contributed by atoms with Crippen LogP contribution in [-0.4, -0.2) is 24.5 Å². The number of hydrogen-bond acceptors (Lipinski definition) is 4. The molecule has 0 aromatic heterocycles. The number of esters is 1. The van der Waals surface area contributed by atoms with Gasteiger partial charge in [0.05, 0.1) is 23.6 Å². The van der Waals surface area contributed by atoms with Crippen molar-refractivity contribution in [3.8, 4) is 17.6 Å². The van der Waals surface area contributed by atoms with E-state index in [2.05, 4.69) is 27.8 Å². The van der Waals surface area contributed by atoms with Gasteiger partial charge in [0.15, 0.2) is 5.78 Å². The van der Waals surface area contributed by atoms with Crippen molar-refractivity contribution in [3.63, 3.8) is 0 Å². The number of carbonyl (C=O) groups is 2. The van der Waals surface area contributed by atoms with E-state index < -0.39 is 11.6 Å². The number of ether oxygens (including phenoxy) is 2. The summed E-state index contributed by atoms with van der Waals surface area (Å²) in [7, 11) is 1.25. The highest BCUT2D eigenvalue weighted by Gasteiger charge is 2.47. The summed E-state index contributed by atoms with van der Waals surface area (Å²) in [5.74, 6) is 5.11. The zero-order chi connectivity index (χ0) is 17.2. The van der Waals surface area contributed by atoms with Gasteiger partial charge in [0.25, 0.3) is 5.60 Å². The first-order valence-corrected chi connectivity index (χ1v) is 8.02. The summed E-state index contributed by atoms with van der Waals surface area (Å²) in [4.78, 5) is 24.9. The molecule has 5 heteroatoms.